The van der Waals surface area contributed by atoms with Gasteiger partial charge < -0.3 is 9.84 Å². The molecule has 1 aromatic carbocycles. The molecule has 2 rings (SSSR count). The van der Waals surface area contributed by atoms with E-state index in [-0.39, 0.29) is 5.75 Å². The summed E-state index contributed by atoms with van der Waals surface area (Å²) in [6, 6.07) is 7.04. The Balaban J connectivity index is 1.97. The van der Waals surface area contributed by atoms with Crippen molar-refractivity contribution >= 4 is 6.21 Å². The van der Waals surface area contributed by atoms with Crippen molar-refractivity contribution in [1.82, 2.24) is 5.01 Å². The highest BCUT2D eigenvalue weighted by Crippen LogP contribution is 2.09. The van der Waals surface area contributed by atoms with E-state index in [2.05, 4.69) is 5.10 Å². The maximum atomic E-state index is 9.25. The summed E-state index contributed by atoms with van der Waals surface area (Å²) < 4.78 is 5.22. The zero-order valence-corrected chi connectivity index (χ0v) is 8.47. The first-order valence-electron chi connectivity index (χ1n) is 5.00. The molecule has 80 valence electrons. The van der Waals surface area contributed by atoms with E-state index in [4.69, 9.17) is 4.74 Å². The van der Waals surface area contributed by atoms with Crippen LogP contribution in [0.1, 0.15) is 5.56 Å². The van der Waals surface area contributed by atoms with E-state index in [1.54, 1.807) is 24.4 Å². The van der Waals surface area contributed by atoms with Crippen LogP contribution in [0.25, 0.3) is 0 Å². The van der Waals surface area contributed by atoms with Gasteiger partial charge in [0.1, 0.15) is 5.75 Å². The molecule has 0 bridgehead atoms. The number of rotatable bonds is 2. The van der Waals surface area contributed by atoms with E-state index < -0.39 is 0 Å². The van der Waals surface area contributed by atoms with E-state index in [0.717, 1.165) is 31.9 Å². The van der Waals surface area contributed by atoms with Crippen molar-refractivity contribution in [1.29, 1.82) is 0 Å². The predicted molar refractivity (Wildman–Crippen MR) is 58.1 cm³/mol. The molecule has 0 aromatic heterocycles. The second-order valence-corrected chi connectivity index (χ2v) is 3.41. The lowest BCUT2D eigenvalue weighted by Gasteiger charge is -2.23. The largest absolute Gasteiger partial charge is 0.508 e. The highest BCUT2D eigenvalue weighted by Gasteiger charge is 2.05. The normalized spacial score (nSPS) is 17.2. The van der Waals surface area contributed by atoms with Crippen LogP contribution in [0, 0.1) is 0 Å². The maximum Gasteiger partial charge on any atom is 0.116 e. The number of hydrogen-bond acceptors (Lipinski definition) is 4. The summed E-state index contributed by atoms with van der Waals surface area (Å²) in [4.78, 5) is 0. The first kappa shape index (κ1) is 9.98. The third-order valence-corrected chi connectivity index (χ3v) is 2.23. The van der Waals surface area contributed by atoms with Crippen LogP contribution >= 0.6 is 0 Å². The van der Waals surface area contributed by atoms with Gasteiger partial charge in [-0.1, -0.05) is 12.1 Å². The Bertz CT molecular complexity index is 346. The van der Waals surface area contributed by atoms with E-state index in [1.807, 2.05) is 11.1 Å². The molecule has 4 heteroatoms. The Hall–Kier alpha value is -1.55. The standard InChI is InChI=1S/C11H14N2O2/c14-11-3-1-2-10(8-11)9-12-13-4-6-15-7-5-13/h1-3,8-9,14H,4-7H2/b12-9-. The quantitative estimate of drug-likeness (QED) is 0.736. The van der Waals surface area contributed by atoms with Crippen LogP contribution in [0.3, 0.4) is 0 Å². The van der Waals surface area contributed by atoms with Crippen molar-refractivity contribution in [3.8, 4) is 5.75 Å². The average Bonchev–Trinajstić information content (AvgIpc) is 2.28. The molecule has 0 atom stereocenters. The van der Waals surface area contributed by atoms with Crippen LogP contribution in [0.15, 0.2) is 29.4 Å². The van der Waals surface area contributed by atoms with Gasteiger partial charge in [-0.05, 0) is 17.7 Å². The fourth-order valence-corrected chi connectivity index (χ4v) is 1.42. The Morgan fingerprint density at radius 2 is 2.13 bits per heavy atom. The summed E-state index contributed by atoms with van der Waals surface area (Å²) in [5, 5.41) is 15.5. The van der Waals surface area contributed by atoms with Gasteiger partial charge in [0.15, 0.2) is 0 Å². The predicted octanol–water partition coefficient (Wildman–Crippen LogP) is 1.06. The summed E-state index contributed by atoms with van der Waals surface area (Å²) in [5.74, 6) is 0.265. The molecule has 15 heavy (non-hydrogen) atoms. The van der Waals surface area contributed by atoms with Gasteiger partial charge in [-0.2, -0.15) is 5.10 Å². The first-order chi connectivity index (χ1) is 7.34. The summed E-state index contributed by atoms with van der Waals surface area (Å²) in [6.45, 7) is 3.12. The number of benzene rings is 1. The SMILES string of the molecule is Oc1cccc(/C=N\N2CCOCC2)c1. The highest BCUT2D eigenvalue weighted by atomic mass is 16.5. The second kappa shape index (κ2) is 4.79. The Labute approximate surface area is 88.8 Å². The number of aromatic hydroxyl groups is 1. The third-order valence-electron chi connectivity index (χ3n) is 2.23. The number of phenolic OH excluding ortho intramolecular Hbond substituents is 1. The topological polar surface area (TPSA) is 45.1 Å². The van der Waals surface area contributed by atoms with Gasteiger partial charge in [0.25, 0.3) is 0 Å². The van der Waals surface area contributed by atoms with Crippen LogP contribution in [0.2, 0.25) is 0 Å². The monoisotopic (exact) mass is 206 g/mol. The van der Waals surface area contributed by atoms with Gasteiger partial charge in [-0.25, -0.2) is 0 Å². The first-order valence-corrected chi connectivity index (χ1v) is 5.00. The molecular weight excluding hydrogens is 192 g/mol. The summed E-state index contributed by atoms with van der Waals surface area (Å²) in [5.41, 5.74) is 0.904. The number of phenols is 1. The summed E-state index contributed by atoms with van der Waals surface area (Å²) in [6.07, 6.45) is 1.76. The van der Waals surface area contributed by atoms with E-state index in [9.17, 15) is 5.11 Å². The van der Waals surface area contributed by atoms with Crippen molar-refractivity contribution in [3.05, 3.63) is 29.8 Å². The van der Waals surface area contributed by atoms with Crippen molar-refractivity contribution in [2.24, 2.45) is 5.10 Å². The Morgan fingerprint density at radius 1 is 1.33 bits per heavy atom. The van der Waals surface area contributed by atoms with Crippen LogP contribution in [-0.2, 0) is 4.74 Å². The zero-order valence-electron chi connectivity index (χ0n) is 8.47. The Kier molecular flexibility index (Phi) is 3.19. The Morgan fingerprint density at radius 3 is 2.87 bits per heavy atom. The highest BCUT2D eigenvalue weighted by molar-refractivity contribution is 5.79. The molecule has 0 spiro atoms. The number of hydrogen-bond donors (Lipinski definition) is 1. The fourth-order valence-electron chi connectivity index (χ4n) is 1.42. The number of hydrazone groups is 1. The molecule has 0 saturated carbocycles. The van der Waals surface area contributed by atoms with Crippen molar-refractivity contribution in [2.45, 2.75) is 0 Å². The molecule has 1 saturated heterocycles. The molecule has 0 unspecified atom stereocenters. The molecule has 1 fully saturated rings. The molecule has 0 radical (unpaired) electrons. The minimum absolute atomic E-state index is 0.265. The van der Waals surface area contributed by atoms with Crippen LogP contribution in [0.4, 0.5) is 0 Å². The maximum absolute atomic E-state index is 9.25. The molecule has 4 nitrogen and oxygen atoms in total. The van der Waals surface area contributed by atoms with Crippen LogP contribution in [-0.4, -0.2) is 42.6 Å². The molecule has 1 heterocycles. The van der Waals surface area contributed by atoms with E-state index >= 15 is 0 Å². The second-order valence-electron chi connectivity index (χ2n) is 3.41. The van der Waals surface area contributed by atoms with Gasteiger partial charge in [-0.3, -0.25) is 5.01 Å². The lowest BCUT2D eigenvalue weighted by atomic mass is 10.2. The van der Waals surface area contributed by atoms with Crippen LogP contribution in [0.5, 0.6) is 5.75 Å². The van der Waals surface area contributed by atoms with Gasteiger partial charge in [0.2, 0.25) is 0 Å². The van der Waals surface area contributed by atoms with Gasteiger partial charge in [-0.15, -0.1) is 0 Å². The zero-order chi connectivity index (χ0) is 10.5. The minimum atomic E-state index is 0.265. The smallest absolute Gasteiger partial charge is 0.116 e. The lowest BCUT2D eigenvalue weighted by Crippen LogP contribution is -2.32. The molecular formula is C11H14N2O2. The molecule has 1 aliphatic rings. The number of morpholine rings is 1. The van der Waals surface area contributed by atoms with E-state index in [0.29, 0.717) is 0 Å². The molecule has 1 N–H and O–H groups in total. The van der Waals surface area contributed by atoms with E-state index in [1.165, 1.54) is 0 Å². The average molecular weight is 206 g/mol. The molecule has 1 aromatic rings. The number of nitrogens with zero attached hydrogens (tertiary/aromatic N) is 2. The van der Waals surface area contributed by atoms with Gasteiger partial charge in [0, 0.05) is 0 Å². The van der Waals surface area contributed by atoms with Gasteiger partial charge in [0.05, 0.1) is 32.5 Å². The minimum Gasteiger partial charge on any atom is -0.508 e. The van der Waals surface area contributed by atoms with Crippen LogP contribution < -0.4 is 0 Å². The fraction of sp³-hybridized carbons (Fsp3) is 0.364. The van der Waals surface area contributed by atoms with Crippen molar-refractivity contribution in [2.75, 3.05) is 26.3 Å². The summed E-state index contributed by atoms with van der Waals surface area (Å²) >= 11 is 0. The van der Waals surface area contributed by atoms with Crippen molar-refractivity contribution in [3.63, 3.8) is 0 Å². The molecule has 0 amide bonds. The lowest BCUT2D eigenvalue weighted by molar-refractivity contribution is 0.0397. The molecule has 0 aliphatic carbocycles. The van der Waals surface area contributed by atoms with Crippen molar-refractivity contribution < 1.29 is 9.84 Å². The molecule has 1 aliphatic heterocycles. The van der Waals surface area contributed by atoms with Gasteiger partial charge >= 0.3 is 0 Å². The third kappa shape index (κ3) is 2.95. The summed E-state index contributed by atoms with van der Waals surface area (Å²) in [7, 11) is 0. The number of ether oxygens (including phenoxy) is 1.